The molecule has 3 aromatic rings. The predicted molar refractivity (Wildman–Crippen MR) is 143 cm³/mol. The van der Waals surface area contributed by atoms with Crippen molar-refractivity contribution in [3.63, 3.8) is 0 Å². The number of nitrogens with zero attached hydrogens (tertiary/aromatic N) is 2. The van der Waals surface area contributed by atoms with E-state index in [1.807, 2.05) is 24.3 Å². The number of hydrogen-bond acceptors (Lipinski definition) is 7. The Bertz CT molecular complexity index is 1530. The topological polar surface area (TPSA) is 90.1 Å². The molecule has 0 unspecified atom stereocenters. The molecule has 0 fully saturated rings. The van der Waals surface area contributed by atoms with Gasteiger partial charge < -0.3 is 14.6 Å². The molecule has 1 aliphatic rings. The second kappa shape index (κ2) is 10.4. The molecule has 188 valence electrons. The van der Waals surface area contributed by atoms with Crippen molar-refractivity contribution in [3.8, 4) is 11.5 Å². The number of carbonyl (C=O) groups excluding carboxylic acids is 1. The van der Waals surface area contributed by atoms with Gasteiger partial charge in [-0.05, 0) is 49.1 Å². The van der Waals surface area contributed by atoms with E-state index in [1.54, 1.807) is 32.1 Å². The van der Waals surface area contributed by atoms with Gasteiger partial charge in [0.25, 0.3) is 5.56 Å². The van der Waals surface area contributed by atoms with Gasteiger partial charge in [-0.3, -0.25) is 9.36 Å². The third kappa shape index (κ3) is 4.77. The largest absolute Gasteiger partial charge is 0.504 e. The van der Waals surface area contributed by atoms with Crippen LogP contribution in [0.4, 0.5) is 0 Å². The Kier molecular flexibility index (Phi) is 7.51. The highest BCUT2D eigenvalue weighted by molar-refractivity contribution is 9.10. The zero-order valence-electron chi connectivity index (χ0n) is 20.7. The van der Waals surface area contributed by atoms with Crippen molar-refractivity contribution >= 4 is 39.3 Å². The summed E-state index contributed by atoms with van der Waals surface area (Å²) in [6, 6.07) is 10.6. The molecule has 0 saturated heterocycles. The van der Waals surface area contributed by atoms with Gasteiger partial charge >= 0.3 is 5.97 Å². The van der Waals surface area contributed by atoms with Gasteiger partial charge in [-0.25, -0.2) is 9.79 Å². The maximum Gasteiger partial charge on any atom is 0.338 e. The minimum absolute atomic E-state index is 0.0734. The van der Waals surface area contributed by atoms with Crippen LogP contribution in [0, 0.1) is 0 Å². The number of benzene rings is 2. The van der Waals surface area contributed by atoms with E-state index in [-0.39, 0.29) is 23.7 Å². The molecular weight excluding hydrogens is 544 g/mol. The van der Waals surface area contributed by atoms with Crippen molar-refractivity contribution in [2.45, 2.75) is 39.7 Å². The maximum atomic E-state index is 13.7. The Morgan fingerprint density at radius 2 is 1.97 bits per heavy atom. The molecule has 0 aliphatic carbocycles. The fraction of sp³-hybridized carbons (Fsp3) is 0.296. The third-order valence-corrected chi connectivity index (χ3v) is 7.45. The van der Waals surface area contributed by atoms with Crippen LogP contribution in [0.15, 0.2) is 61.9 Å². The van der Waals surface area contributed by atoms with Gasteiger partial charge in [0.2, 0.25) is 0 Å². The molecule has 0 bridgehead atoms. The standard InChI is InChI=1S/C27H27BrN2O5S/c1-6-35-26(33)22-15(4)29-27-30(23(22)17-9-7-16(8-10-17)14(2)3)25(32)21(36-27)12-18-11-19(28)13-20(34-5)24(18)31/h7-14,23,31H,6H2,1-5H3/b21-12-/t23-/m1/s1. The zero-order chi connectivity index (χ0) is 26.1. The first kappa shape index (κ1) is 25.9. The summed E-state index contributed by atoms with van der Waals surface area (Å²) < 4.78 is 13.2. The number of halogens is 1. The summed E-state index contributed by atoms with van der Waals surface area (Å²) in [6.45, 7) is 7.93. The van der Waals surface area contributed by atoms with Gasteiger partial charge in [0.15, 0.2) is 16.3 Å². The fourth-order valence-corrected chi connectivity index (χ4v) is 5.66. The second-order valence-electron chi connectivity index (χ2n) is 8.67. The Morgan fingerprint density at radius 3 is 2.58 bits per heavy atom. The minimum Gasteiger partial charge on any atom is -0.504 e. The fourth-order valence-electron chi connectivity index (χ4n) is 4.17. The van der Waals surface area contributed by atoms with Crippen molar-refractivity contribution < 1.29 is 19.4 Å². The van der Waals surface area contributed by atoms with E-state index in [0.29, 0.717) is 36.6 Å². The molecule has 0 radical (unpaired) electrons. The summed E-state index contributed by atoms with van der Waals surface area (Å²) in [5.74, 6) is 0.0563. The number of hydrogen-bond donors (Lipinski definition) is 1. The lowest BCUT2D eigenvalue weighted by Gasteiger charge is -2.25. The van der Waals surface area contributed by atoms with Crippen molar-refractivity contribution in [2.75, 3.05) is 13.7 Å². The number of aromatic hydroxyl groups is 1. The molecule has 2 heterocycles. The van der Waals surface area contributed by atoms with Crippen molar-refractivity contribution in [1.82, 2.24) is 4.57 Å². The molecular formula is C27H27BrN2O5S. The number of esters is 1. The monoisotopic (exact) mass is 570 g/mol. The second-order valence-corrected chi connectivity index (χ2v) is 10.6. The molecule has 1 N–H and O–H groups in total. The number of ether oxygens (including phenoxy) is 2. The number of fused-ring (bicyclic) bond motifs is 1. The number of phenolic OH excluding ortho intramolecular Hbond substituents is 1. The molecule has 1 aliphatic heterocycles. The van der Waals surface area contributed by atoms with E-state index in [9.17, 15) is 14.7 Å². The van der Waals surface area contributed by atoms with Crippen LogP contribution in [0.25, 0.3) is 6.08 Å². The number of phenols is 1. The van der Waals surface area contributed by atoms with Crippen LogP contribution in [-0.2, 0) is 9.53 Å². The molecule has 0 spiro atoms. The summed E-state index contributed by atoms with van der Waals surface area (Å²) in [5, 5.41) is 10.6. The number of thiazole rings is 1. The van der Waals surface area contributed by atoms with E-state index < -0.39 is 12.0 Å². The molecule has 9 heteroatoms. The molecule has 2 aromatic carbocycles. The van der Waals surface area contributed by atoms with Crippen LogP contribution < -0.4 is 19.6 Å². The lowest BCUT2D eigenvalue weighted by Crippen LogP contribution is -2.39. The molecule has 0 saturated carbocycles. The molecule has 0 amide bonds. The maximum absolute atomic E-state index is 13.7. The zero-order valence-corrected chi connectivity index (χ0v) is 23.1. The van der Waals surface area contributed by atoms with E-state index >= 15 is 0 Å². The minimum atomic E-state index is -0.686. The quantitative estimate of drug-likeness (QED) is 0.444. The normalized spacial score (nSPS) is 15.6. The Balaban J connectivity index is 1.96. The Morgan fingerprint density at radius 1 is 1.28 bits per heavy atom. The van der Waals surface area contributed by atoms with Crippen LogP contribution in [0.1, 0.15) is 56.3 Å². The summed E-state index contributed by atoms with van der Waals surface area (Å²) >= 11 is 4.61. The number of methoxy groups -OCH3 is 1. The summed E-state index contributed by atoms with van der Waals surface area (Å²) in [4.78, 5) is 31.8. The first-order chi connectivity index (χ1) is 17.2. The van der Waals surface area contributed by atoms with Gasteiger partial charge in [-0.2, -0.15) is 0 Å². The first-order valence-electron chi connectivity index (χ1n) is 11.5. The highest BCUT2D eigenvalue weighted by atomic mass is 79.9. The summed E-state index contributed by atoms with van der Waals surface area (Å²) in [7, 11) is 1.46. The van der Waals surface area contributed by atoms with Gasteiger partial charge in [0.05, 0.1) is 35.6 Å². The van der Waals surface area contributed by atoms with Crippen molar-refractivity contribution in [1.29, 1.82) is 0 Å². The average molecular weight is 571 g/mol. The summed E-state index contributed by atoms with van der Waals surface area (Å²) in [5.41, 5.74) is 2.89. The smallest absolute Gasteiger partial charge is 0.338 e. The highest BCUT2D eigenvalue weighted by Crippen LogP contribution is 2.34. The predicted octanol–water partition coefficient (Wildman–Crippen LogP) is 4.40. The summed E-state index contributed by atoms with van der Waals surface area (Å²) in [6.07, 6.45) is 1.61. The van der Waals surface area contributed by atoms with Crippen LogP contribution in [0.3, 0.4) is 0 Å². The number of carbonyl (C=O) groups is 1. The molecule has 1 aromatic heterocycles. The lowest BCUT2D eigenvalue weighted by atomic mass is 9.93. The van der Waals surface area contributed by atoms with Crippen LogP contribution in [0.2, 0.25) is 0 Å². The van der Waals surface area contributed by atoms with Crippen LogP contribution in [-0.4, -0.2) is 29.4 Å². The molecule has 4 rings (SSSR count). The van der Waals surface area contributed by atoms with E-state index in [1.165, 1.54) is 23.0 Å². The van der Waals surface area contributed by atoms with Gasteiger partial charge in [-0.15, -0.1) is 0 Å². The third-order valence-electron chi connectivity index (χ3n) is 6.01. The van der Waals surface area contributed by atoms with Gasteiger partial charge in [0, 0.05) is 10.0 Å². The van der Waals surface area contributed by atoms with Gasteiger partial charge in [-0.1, -0.05) is 65.4 Å². The number of rotatable bonds is 6. The van der Waals surface area contributed by atoms with E-state index in [4.69, 9.17) is 9.47 Å². The Hall–Kier alpha value is -3.17. The van der Waals surface area contributed by atoms with E-state index in [0.717, 1.165) is 11.1 Å². The Labute approximate surface area is 221 Å². The van der Waals surface area contributed by atoms with E-state index in [2.05, 4.69) is 34.8 Å². The average Bonchev–Trinajstić information content (AvgIpc) is 3.14. The molecule has 1 atom stereocenters. The van der Waals surface area contributed by atoms with Gasteiger partial charge in [0.1, 0.15) is 0 Å². The first-order valence-corrected chi connectivity index (χ1v) is 13.1. The molecule has 36 heavy (non-hydrogen) atoms. The lowest BCUT2D eigenvalue weighted by molar-refractivity contribution is -0.139. The highest BCUT2D eigenvalue weighted by Gasteiger charge is 2.33. The van der Waals surface area contributed by atoms with Crippen LogP contribution in [0.5, 0.6) is 11.5 Å². The van der Waals surface area contributed by atoms with Crippen LogP contribution >= 0.6 is 27.3 Å². The molecule has 7 nitrogen and oxygen atoms in total. The number of allylic oxidation sites excluding steroid dienone is 1. The number of aromatic nitrogens is 1. The van der Waals surface area contributed by atoms with Crippen molar-refractivity contribution in [3.05, 3.63) is 88.5 Å². The SMILES string of the molecule is CCOC(=O)C1=C(C)N=c2s/c(=C\c3cc(Br)cc(OC)c3O)c(=O)n2[C@@H]1c1ccc(C(C)C)cc1. The van der Waals surface area contributed by atoms with Crippen molar-refractivity contribution in [2.24, 2.45) is 4.99 Å².